The van der Waals surface area contributed by atoms with Crippen molar-refractivity contribution >= 4 is 23.3 Å². The standard InChI is InChI=1S/C16H25N3O2S/c1-11(2)15(14-7-5-9-22-14)18-16(21)19-8-4-6-13(10-19)17-12(3)20/h5,7,9,11,13,15H,4,6,8,10H2,1-3H3,(H,17,20)(H,18,21)/t13-,15-/m1/s1. The molecule has 1 saturated heterocycles. The van der Waals surface area contributed by atoms with E-state index in [1.807, 2.05) is 16.3 Å². The lowest BCUT2D eigenvalue weighted by molar-refractivity contribution is -0.119. The molecule has 2 rings (SSSR count). The highest BCUT2D eigenvalue weighted by molar-refractivity contribution is 7.10. The van der Waals surface area contributed by atoms with Crippen LogP contribution in [0, 0.1) is 5.92 Å². The molecule has 1 aromatic heterocycles. The summed E-state index contributed by atoms with van der Waals surface area (Å²) in [6.07, 6.45) is 1.85. The van der Waals surface area contributed by atoms with Crippen molar-refractivity contribution in [2.24, 2.45) is 5.92 Å². The van der Waals surface area contributed by atoms with Crippen LogP contribution in [-0.2, 0) is 4.79 Å². The van der Waals surface area contributed by atoms with E-state index >= 15 is 0 Å². The Morgan fingerprint density at radius 1 is 1.41 bits per heavy atom. The molecule has 0 aliphatic carbocycles. The Bertz CT molecular complexity index is 501. The highest BCUT2D eigenvalue weighted by Crippen LogP contribution is 2.26. The quantitative estimate of drug-likeness (QED) is 0.895. The number of rotatable bonds is 4. The first-order chi connectivity index (χ1) is 10.5. The summed E-state index contributed by atoms with van der Waals surface area (Å²) < 4.78 is 0. The van der Waals surface area contributed by atoms with Crippen molar-refractivity contribution in [1.29, 1.82) is 0 Å². The lowest BCUT2D eigenvalue weighted by Gasteiger charge is -2.34. The average Bonchev–Trinajstić information content (AvgIpc) is 2.97. The molecule has 0 unspecified atom stereocenters. The van der Waals surface area contributed by atoms with Gasteiger partial charge in [0, 0.05) is 30.9 Å². The summed E-state index contributed by atoms with van der Waals surface area (Å²) >= 11 is 1.67. The average molecular weight is 323 g/mol. The fourth-order valence-electron chi connectivity index (χ4n) is 2.83. The maximum absolute atomic E-state index is 12.5. The third-order valence-electron chi connectivity index (χ3n) is 3.91. The highest BCUT2D eigenvalue weighted by Gasteiger charge is 2.27. The number of nitrogens with zero attached hydrogens (tertiary/aromatic N) is 1. The van der Waals surface area contributed by atoms with E-state index < -0.39 is 0 Å². The Labute approximate surface area is 136 Å². The predicted molar refractivity (Wildman–Crippen MR) is 88.8 cm³/mol. The predicted octanol–water partition coefficient (Wildman–Crippen LogP) is 2.76. The molecule has 122 valence electrons. The topological polar surface area (TPSA) is 61.4 Å². The molecule has 1 fully saturated rings. The number of thiophene rings is 1. The van der Waals surface area contributed by atoms with Gasteiger partial charge in [0.15, 0.2) is 0 Å². The number of piperidine rings is 1. The van der Waals surface area contributed by atoms with Crippen LogP contribution in [0.2, 0.25) is 0 Å². The van der Waals surface area contributed by atoms with Gasteiger partial charge in [-0.25, -0.2) is 4.79 Å². The normalized spacial score (nSPS) is 19.8. The lowest BCUT2D eigenvalue weighted by Crippen LogP contribution is -2.52. The molecule has 5 nitrogen and oxygen atoms in total. The zero-order valence-electron chi connectivity index (χ0n) is 13.5. The molecule has 1 aliphatic heterocycles. The second-order valence-corrected chi connectivity index (χ2v) is 7.15. The summed E-state index contributed by atoms with van der Waals surface area (Å²) in [7, 11) is 0. The molecule has 2 N–H and O–H groups in total. The van der Waals surface area contributed by atoms with Gasteiger partial charge in [-0.3, -0.25) is 4.79 Å². The summed E-state index contributed by atoms with van der Waals surface area (Å²) in [4.78, 5) is 26.7. The third kappa shape index (κ3) is 4.47. The molecule has 0 bridgehead atoms. The van der Waals surface area contributed by atoms with E-state index in [4.69, 9.17) is 0 Å². The van der Waals surface area contributed by atoms with Crippen molar-refractivity contribution in [2.75, 3.05) is 13.1 Å². The van der Waals surface area contributed by atoms with E-state index in [2.05, 4.69) is 30.5 Å². The van der Waals surface area contributed by atoms with Gasteiger partial charge in [-0.05, 0) is 30.2 Å². The number of carbonyl (C=O) groups is 2. The molecular weight excluding hydrogens is 298 g/mol. The van der Waals surface area contributed by atoms with Gasteiger partial charge < -0.3 is 15.5 Å². The van der Waals surface area contributed by atoms with Crippen LogP contribution in [0.1, 0.15) is 44.5 Å². The molecule has 3 amide bonds. The van der Waals surface area contributed by atoms with Crippen LogP contribution in [0.5, 0.6) is 0 Å². The van der Waals surface area contributed by atoms with Crippen molar-refractivity contribution in [3.8, 4) is 0 Å². The van der Waals surface area contributed by atoms with E-state index in [1.54, 1.807) is 11.3 Å². The molecule has 0 aromatic carbocycles. The minimum atomic E-state index is -0.0397. The summed E-state index contributed by atoms with van der Waals surface area (Å²) in [5.41, 5.74) is 0. The van der Waals surface area contributed by atoms with E-state index in [1.165, 1.54) is 11.8 Å². The number of nitrogens with one attached hydrogen (secondary N) is 2. The van der Waals surface area contributed by atoms with Gasteiger partial charge in [0.25, 0.3) is 0 Å². The van der Waals surface area contributed by atoms with Gasteiger partial charge in [-0.2, -0.15) is 0 Å². The van der Waals surface area contributed by atoms with E-state index in [-0.39, 0.29) is 24.0 Å². The van der Waals surface area contributed by atoms with Crippen molar-refractivity contribution in [2.45, 2.75) is 45.7 Å². The van der Waals surface area contributed by atoms with Crippen LogP contribution in [0.4, 0.5) is 4.79 Å². The first-order valence-electron chi connectivity index (χ1n) is 7.83. The van der Waals surface area contributed by atoms with Gasteiger partial charge in [0.2, 0.25) is 5.91 Å². The molecular formula is C16H25N3O2S. The Hall–Kier alpha value is -1.56. The van der Waals surface area contributed by atoms with Crippen molar-refractivity contribution in [3.05, 3.63) is 22.4 Å². The Balaban J connectivity index is 1.96. The fourth-order valence-corrected chi connectivity index (χ4v) is 3.77. The van der Waals surface area contributed by atoms with Gasteiger partial charge in [-0.1, -0.05) is 19.9 Å². The van der Waals surface area contributed by atoms with E-state index in [0.29, 0.717) is 12.5 Å². The number of likely N-dealkylation sites (tertiary alicyclic amines) is 1. The zero-order valence-corrected chi connectivity index (χ0v) is 14.3. The molecule has 2 atom stereocenters. The van der Waals surface area contributed by atoms with Crippen LogP contribution in [-0.4, -0.2) is 36.0 Å². The molecule has 1 aromatic rings. The number of amides is 3. The van der Waals surface area contributed by atoms with Crippen molar-refractivity contribution < 1.29 is 9.59 Å². The Morgan fingerprint density at radius 3 is 2.77 bits per heavy atom. The molecule has 0 radical (unpaired) electrons. The first-order valence-corrected chi connectivity index (χ1v) is 8.71. The SMILES string of the molecule is CC(=O)N[C@@H]1CCCN(C(=O)N[C@@H](c2cccs2)C(C)C)C1. The van der Waals surface area contributed by atoms with Crippen LogP contribution in [0.15, 0.2) is 17.5 Å². The lowest BCUT2D eigenvalue weighted by atomic mass is 10.0. The third-order valence-corrected chi connectivity index (χ3v) is 4.87. The number of urea groups is 1. The van der Waals surface area contributed by atoms with Gasteiger partial charge in [-0.15, -0.1) is 11.3 Å². The summed E-state index contributed by atoms with van der Waals surface area (Å²) in [5, 5.41) is 8.09. The van der Waals surface area contributed by atoms with Crippen LogP contribution in [0.25, 0.3) is 0 Å². The van der Waals surface area contributed by atoms with Crippen LogP contribution < -0.4 is 10.6 Å². The number of hydrogen-bond acceptors (Lipinski definition) is 3. The fraction of sp³-hybridized carbons (Fsp3) is 0.625. The molecule has 0 spiro atoms. The minimum Gasteiger partial charge on any atom is -0.352 e. The molecule has 2 heterocycles. The second-order valence-electron chi connectivity index (χ2n) is 6.17. The Morgan fingerprint density at radius 2 is 2.18 bits per heavy atom. The highest BCUT2D eigenvalue weighted by atomic mass is 32.1. The Kier molecular flexibility index (Phi) is 5.83. The summed E-state index contributed by atoms with van der Waals surface area (Å²) in [6.45, 7) is 7.07. The first kappa shape index (κ1) is 16.8. The smallest absolute Gasteiger partial charge is 0.317 e. The second kappa shape index (κ2) is 7.63. The van der Waals surface area contributed by atoms with Gasteiger partial charge >= 0.3 is 6.03 Å². The summed E-state index contributed by atoms with van der Waals surface area (Å²) in [6, 6.07) is 4.13. The van der Waals surface area contributed by atoms with Gasteiger partial charge in [0.1, 0.15) is 0 Å². The maximum Gasteiger partial charge on any atom is 0.317 e. The largest absolute Gasteiger partial charge is 0.352 e. The van der Waals surface area contributed by atoms with Crippen molar-refractivity contribution in [1.82, 2.24) is 15.5 Å². The monoisotopic (exact) mass is 323 g/mol. The number of hydrogen-bond donors (Lipinski definition) is 2. The van der Waals surface area contributed by atoms with E-state index in [0.717, 1.165) is 19.4 Å². The van der Waals surface area contributed by atoms with Crippen molar-refractivity contribution in [3.63, 3.8) is 0 Å². The molecule has 6 heteroatoms. The van der Waals surface area contributed by atoms with E-state index in [9.17, 15) is 9.59 Å². The van der Waals surface area contributed by atoms with Gasteiger partial charge in [0.05, 0.1) is 6.04 Å². The van der Waals surface area contributed by atoms with Crippen LogP contribution in [0.3, 0.4) is 0 Å². The molecule has 0 saturated carbocycles. The summed E-state index contributed by atoms with van der Waals surface area (Å²) in [5.74, 6) is 0.296. The maximum atomic E-state index is 12.5. The molecule has 22 heavy (non-hydrogen) atoms. The minimum absolute atomic E-state index is 0.0358. The zero-order chi connectivity index (χ0) is 16.1. The number of carbonyl (C=O) groups excluding carboxylic acids is 2. The molecule has 1 aliphatic rings. The van der Waals surface area contributed by atoms with Crippen LogP contribution >= 0.6 is 11.3 Å².